The van der Waals surface area contributed by atoms with Crippen molar-refractivity contribution in [3.8, 4) is 0 Å². The van der Waals surface area contributed by atoms with Crippen molar-refractivity contribution in [2.24, 2.45) is 5.73 Å². The van der Waals surface area contributed by atoms with Gasteiger partial charge in [0.1, 0.15) is 5.60 Å². The number of carbonyl (C=O) groups is 1. The van der Waals surface area contributed by atoms with Crippen LogP contribution in [0, 0.1) is 0 Å². The topological polar surface area (TPSA) is 58.8 Å². The van der Waals surface area contributed by atoms with Gasteiger partial charge in [-0.25, -0.2) is 4.79 Å². The zero-order chi connectivity index (χ0) is 14.8. The summed E-state index contributed by atoms with van der Waals surface area (Å²) in [5.74, 6) is 0. The Bertz CT molecular complexity index is 337. The van der Waals surface area contributed by atoms with Gasteiger partial charge < -0.3 is 15.4 Å². The van der Waals surface area contributed by atoms with Crippen LogP contribution in [0.4, 0.5) is 4.79 Å². The predicted molar refractivity (Wildman–Crippen MR) is 79.6 cm³/mol. The highest BCUT2D eigenvalue weighted by molar-refractivity contribution is 5.69. The SMILES string of the molecule is CC(C)(C)OC(=O)N(C[C@H]1CCCN1CCN)C1CC1. The van der Waals surface area contributed by atoms with Crippen LogP contribution in [0.3, 0.4) is 0 Å². The van der Waals surface area contributed by atoms with Gasteiger partial charge in [0, 0.05) is 31.7 Å². The molecule has 0 aromatic carbocycles. The normalized spacial score (nSPS) is 23.9. The minimum atomic E-state index is -0.420. The first-order chi connectivity index (χ1) is 9.40. The molecule has 0 aromatic rings. The van der Waals surface area contributed by atoms with Gasteiger partial charge in [0.2, 0.25) is 0 Å². The van der Waals surface area contributed by atoms with Crippen LogP contribution in [0.15, 0.2) is 0 Å². The lowest BCUT2D eigenvalue weighted by Gasteiger charge is -2.32. The molecule has 2 aliphatic rings. The van der Waals surface area contributed by atoms with Crippen LogP contribution in [0.2, 0.25) is 0 Å². The second kappa shape index (κ2) is 6.31. The molecular weight excluding hydrogens is 254 g/mol. The van der Waals surface area contributed by atoms with Crippen molar-refractivity contribution < 1.29 is 9.53 Å². The molecule has 5 nitrogen and oxygen atoms in total. The average molecular weight is 283 g/mol. The van der Waals surface area contributed by atoms with E-state index in [1.165, 1.54) is 6.42 Å². The minimum Gasteiger partial charge on any atom is -0.444 e. The van der Waals surface area contributed by atoms with Gasteiger partial charge >= 0.3 is 6.09 Å². The Hall–Kier alpha value is -0.810. The lowest BCUT2D eigenvalue weighted by Crippen LogP contribution is -2.46. The largest absolute Gasteiger partial charge is 0.444 e. The van der Waals surface area contributed by atoms with Crippen molar-refractivity contribution in [1.29, 1.82) is 0 Å². The van der Waals surface area contributed by atoms with E-state index >= 15 is 0 Å². The fourth-order valence-corrected chi connectivity index (χ4v) is 2.87. The maximum absolute atomic E-state index is 12.4. The van der Waals surface area contributed by atoms with E-state index in [1.807, 2.05) is 25.7 Å². The van der Waals surface area contributed by atoms with Gasteiger partial charge in [-0.3, -0.25) is 4.90 Å². The maximum Gasteiger partial charge on any atom is 0.410 e. The fraction of sp³-hybridized carbons (Fsp3) is 0.933. The van der Waals surface area contributed by atoms with E-state index in [2.05, 4.69) is 4.90 Å². The Morgan fingerprint density at radius 2 is 2.05 bits per heavy atom. The van der Waals surface area contributed by atoms with Gasteiger partial charge in [-0.2, -0.15) is 0 Å². The summed E-state index contributed by atoms with van der Waals surface area (Å²) >= 11 is 0. The smallest absolute Gasteiger partial charge is 0.410 e. The van der Waals surface area contributed by atoms with Crippen molar-refractivity contribution >= 4 is 6.09 Å². The number of ether oxygens (including phenoxy) is 1. The Balaban J connectivity index is 1.93. The lowest BCUT2D eigenvalue weighted by atomic mass is 10.2. The van der Waals surface area contributed by atoms with Crippen LogP contribution < -0.4 is 5.73 Å². The number of carbonyl (C=O) groups excluding carboxylic acids is 1. The number of hydrogen-bond acceptors (Lipinski definition) is 4. The molecular formula is C15H29N3O2. The Morgan fingerprint density at radius 1 is 1.35 bits per heavy atom. The summed E-state index contributed by atoms with van der Waals surface area (Å²) in [4.78, 5) is 16.7. The molecule has 5 heteroatoms. The van der Waals surface area contributed by atoms with Crippen LogP contribution in [0.25, 0.3) is 0 Å². The molecule has 2 rings (SSSR count). The minimum absolute atomic E-state index is 0.153. The molecule has 1 saturated carbocycles. The Kier molecular flexibility index (Phi) is 4.91. The highest BCUT2D eigenvalue weighted by atomic mass is 16.6. The molecule has 1 aliphatic carbocycles. The first-order valence-electron chi connectivity index (χ1n) is 7.84. The van der Waals surface area contributed by atoms with Crippen LogP contribution in [-0.4, -0.2) is 59.8 Å². The molecule has 1 amide bonds. The van der Waals surface area contributed by atoms with Gasteiger partial charge in [-0.1, -0.05) is 0 Å². The van der Waals surface area contributed by atoms with Crippen LogP contribution in [0.1, 0.15) is 46.5 Å². The van der Waals surface area contributed by atoms with Crippen LogP contribution >= 0.6 is 0 Å². The molecule has 2 N–H and O–H groups in total. The number of hydrogen-bond donors (Lipinski definition) is 1. The molecule has 2 fully saturated rings. The summed E-state index contributed by atoms with van der Waals surface area (Å²) < 4.78 is 5.55. The maximum atomic E-state index is 12.4. The van der Waals surface area contributed by atoms with Gasteiger partial charge in [0.15, 0.2) is 0 Å². The molecule has 0 aromatic heterocycles. The van der Waals surface area contributed by atoms with Crippen LogP contribution in [0.5, 0.6) is 0 Å². The lowest BCUT2D eigenvalue weighted by molar-refractivity contribution is 0.0187. The third kappa shape index (κ3) is 4.35. The van der Waals surface area contributed by atoms with Crippen LogP contribution in [-0.2, 0) is 4.74 Å². The molecule has 1 saturated heterocycles. The fourth-order valence-electron chi connectivity index (χ4n) is 2.87. The second-order valence-corrected chi connectivity index (χ2v) is 6.98. The highest BCUT2D eigenvalue weighted by Gasteiger charge is 2.38. The zero-order valence-corrected chi connectivity index (χ0v) is 13.1. The molecule has 1 atom stereocenters. The van der Waals surface area contributed by atoms with E-state index < -0.39 is 5.60 Å². The third-order valence-corrected chi connectivity index (χ3v) is 3.94. The summed E-state index contributed by atoms with van der Waals surface area (Å²) in [5.41, 5.74) is 5.25. The zero-order valence-electron chi connectivity index (χ0n) is 13.1. The van der Waals surface area contributed by atoms with E-state index in [0.717, 1.165) is 38.9 Å². The van der Waals surface area contributed by atoms with Crippen molar-refractivity contribution in [2.75, 3.05) is 26.2 Å². The van der Waals surface area contributed by atoms with E-state index in [1.54, 1.807) is 0 Å². The average Bonchev–Trinajstić information content (AvgIpc) is 3.07. The molecule has 0 bridgehead atoms. The molecule has 1 aliphatic heterocycles. The molecule has 1 heterocycles. The summed E-state index contributed by atoms with van der Waals surface area (Å²) in [6.07, 6.45) is 4.44. The van der Waals surface area contributed by atoms with E-state index in [4.69, 9.17) is 10.5 Å². The monoisotopic (exact) mass is 283 g/mol. The number of likely N-dealkylation sites (tertiary alicyclic amines) is 1. The van der Waals surface area contributed by atoms with Crippen molar-refractivity contribution in [1.82, 2.24) is 9.80 Å². The molecule has 20 heavy (non-hydrogen) atoms. The van der Waals surface area contributed by atoms with Gasteiger partial charge in [0.25, 0.3) is 0 Å². The number of amides is 1. The number of nitrogens with two attached hydrogens (primary N) is 1. The van der Waals surface area contributed by atoms with Crippen molar-refractivity contribution in [3.05, 3.63) is 0 Å². The second-order valence-electron chi connectivity index (χ2n) is 6.98. The number of nitrogens with zero attached hydrogens (tertiary/aromatic N) is 2. The first-order valence-corrected chi connectivity index (χ1v) is 7.84. The number of rotatable bonds is 5. The van der Waals surface area contributed by atoms with Gasteiger partial charge in [-0.15, -0.1) is 0 Å². The quantitative estimate of drug-likeness (QED) is 0.836. The van der Waals surface area contributed by atoms with E-state index in [0.29, 0.717) is 18.6 Å². The van der Waals surface area contributed by atoms with Gasteiger partial charge in [-0.05, 0) is 53.0 Å². The highest BCUT2D eigenvalue weighted by Crippen LogP contribution is 2.30. The third-order valence-electron chi connectivity index (χ3n) is 3.94. The summed E-state index contributed by atoms with van der Waals surface area (Å²) in [6, 6.07) is 0.844. The molecule has 0 radical (unpaired) electrons. The van der Waals surface area contributed by atoms with E-state index in [9.17, 15) is 4.79 Å². The molecule has 0 unspecified atom stereocenters. The van der Waals surface area contributed by atoms with Crippen molar-refractivity contribution in [2.45, 2.75) is 64.1 Å². The summed E-state index contributed by atoms with van der Waals surface area (Å²) in [7, 11) is 0. The van der Waals surface area contributed by atoms with Gasteiger partial charge in [0.05, 0.1) is 0 Å². The summed E-state index contributed by atoms with van der Waals surface area (Å²) in [5, 5.41) is 0. The molecule has 116 valence electrons. The molecule has 0 spiro atoms. The van der Waals surface area contributed by atoms with Crippen molar-refractivity contribution in [3.63, 3.8) is 0 Å². The van der Waals surface area contributed by atoms with E-state index in [-0.39, 0.29) is 6.09 Å². The first kappa shape index (κ1) is 15.6. The summed E-state index contributed by atoms with van der Waals surface area (Å²) in [6.45, 7) is 9.28. The predicted octanol–water partition coefficient (Wildman–Crippen LogP) is 1.81. The standard InChI is InChI=1S/C15H29N3O2/c1-15(2,3)20-14(19)18(12-6-7-12)11-13-5-4-9-17(13)10-8-16/h12-13H,4-11,16H2,1-3H3/t13-/m1/s1. The Labute approximate surface area is 122 Å². The Morgan fingerprint density at radius 3 is 2.60 bits per heavy atom.